The quantitative estimate of drug-likeness (QED) is 0.873. The fourth-order valence-corrected chi connectivity index (χ4v) is 2.95. The summed E-state index contributed by atoms with van der Waals surface area (Å²) in [7, 11) is 0. The van der Waals surface area contributed by atoms with E-state index in [2.05, 4.69) is 31.3 Å². The largest absolute Gasteiger partial charge is 0.368 e. The smallest absolute Gasteiger partial charge is 0.237 e. The maximum Gasteiger partial charge on any atom is 0.237 e. The van der Waals surface area contributed by atoms with Crippen molar-refractivity contribution in [2.75, 3.05) is 0 Å². The van der Waals surface area contributed by atoms with Crippen LogP contribution in [0, 0.1) is 11.8 Å². The molecule has 1 aromatic rings. The van der Waals surface area contributed by atoms with Gasteiger partial charge < -0.3 is 5.73 Å². The van der Waals surface area contributed by atoms with Crippen LogP contribution in [0.5, 0.6) is 0 Å². The fraction of sp³-hybridized carbons (Fsp3) is 0.562. The summed E-state index contributed by atoms with van der Waals surface area (Å²) in [5, 5.41) is 3.43. The topological polar surface area (TPSA) is 55.1 Å². The molecule has 1 aromatic carbocycles. The number of hydrogen-bond acceptors (Lipinski definition) is 2. The Balaban J connectivity index is 2.06. The molecule has 19 heavy (non-hydrogen) atoms. The van der Waals surface area contributed by atoms with Gasteiger partial charge in [-0.25, -0.2) is 0 Å². The third-order valence-electron chi connectivity index (χ3n) is 4.61. The van der Waals surface area contributed by atoms with Gasteiger partial charge in [-0.2, -0.15) is 0 Å². The fourth-order valence-electron chi connectivity index (χ4n) is 2.95. The molecule has 3 atom stereocenters. The summed E-state index contributed by atoms with van der Waals surface area (Å²) < 4.78 is 0. The molecule has 0 radical (unpaired) electrons. The van der Waals surface area contributed by atoms with E-state index >= 15 is 0 Å². The van der Waals surface area contributed by atoms with Crippen molar-refractivity contribution in [1.29, 1.82) is 0 Å². The minimum atomic E-state index is -0.526. The summed E-state index contributed by atoms with van der Waals surface area (Å²) in [6, 6.07) is 10.2. The van der Waals surface area contributed by atoms with Gasteiger partial charge in [0, 0.05) is 6.54 Å². The molecule has 1 fully saturated rings. The Morgan fingerprint density at radius 3 is 2.58 bits per heavy atom. The van der Waals surface area contributed by atoms with Crippen LogP contribution in [0.15, 0.2) is 30.3 Å². The highest BCUT2D eigenvalue weighted by Gasteiger charge is 2.41. The molecule has 0 aliphatic heterocycles. The van der Waals surface area contributed by atoms with Crippen LogP contribution < -0.4 is 11.1 Å². The van der Waals surface area contributed by atoms with Gasteiger partial charge in [-0.05, 0) is 36.7 Å². The lowest BCUT2D eigenvalue weighted by molar-refractivity contribution is -0.127. The van der Waals surface area contributed by atoms with Crippen molar-refractivity contribution in [2.24, 2.45) is 17.6 Å². The lowest BCUT2D eigenvalue weighted by Gasteiger charge is -2.41. The zero-order valence-corrected chi connectivity index (χ0v) is 11.9. The number of rotatable bonds is 4. The summed E-state index contributed by atoms with van der Waals surface area (Å²) >= 11 is 0. The Labute approximate surface area is 115 Å². The first-order valence-corrected chi connectivity index (χ1v) is 7.12. The molecular weight excluding hydrogens is 236 g/mol. The second-order valence-corrected chi connectivity index (χ2v) is 5.98. The van der Waals surface area contributed by atoms with Crippen molar-refractivity contribution in [3.63, 3.8) is 0 Å². The molecule has 0 aromatic heterocycles. The van der Waals surface area contributed by atoms with Gasteiger partial charge in [0.2, 0.25) is 5.91 Å². The highest BCUT2D eigenvalue weighted by Crippen LogP contribution is 2.36. The summed E-state index contributed by atoms with van der Waals surface area (Å²) in [6.45, 7) is 5.17. The van der Waals surface area contributed by atoms with E-state index < -0.39 is 5.54 Å². The van der Waals surface area contributed by atoms with Crippen molar-refractivity contribution < 1.29 is 4.79 Å². The average molecular weight is 260 g/mol. The average Bonchev–Trinajstić information content (AvgIpc) is 2.41. The Hall–Kier alpha value is -1.35. The van der Waals surface area contributed by atoms with Gasteiger partial charge in [-0.3, -0.25) is 10.1 Å². The normalized spacial score (nSPS) is 31.1. The maximum atomic E-state index is 11.9. The Kier molecular flexibility index (Phi) is 4.25. The molecule has 3 N–H and O–H groups in total. The van der Waals surface area contributed by atoms with Crippen LogP contribution in [0.25, 0.3) is 0 Å². The maximum absolute atomic E-state index is 11.9. The van der Waals surface area contributed by atoms with E-state index in [4.69, 9.17) is 5.73 Å². The molecule has 1 saturated carbocycles. The van der Waals surface area contributed by atoms with E-state index in [1.165, 1.54) is 5.56 Å². The lowest BCUT2D eigenvalue weighted by atomic mass is 9.71. The number of hydrogen-bond donors (Lipinski definition) is 2. The van der Waals surface area contributed by atoms with E-state index in [0.717, 1.165) is 19.3 Å². The zero-order chi connectivity index (χ0) is 13.9. The molecule has 0 bridgehead atoms. The second-order valence-electron chi connectivity index (χ2n) is 5.98. The molecule has 3 unspecified atom stereocenters. The molecule has 1 aliphatic rings. The molecule has 0 saturated heterocycles. The predicted octanol–water partition coefficient (Wildman–Crippen LogP) is 2.46. The number of carbonyl (C=O) groups is 1. The lowest BCUT2D eigenvalue weighted by Crippen LogP contribution is -2.58. The van der Waals surface area contributed by atoms with Gasteiger partial charge in [0.15, 0.2) is 0 Å². The van der Waals surface area contributed by atoms with Crippen molar-refractivity contribution in [3.05, 3.63) is 35.9 Å². The molecule has 3 heteroatoms. The third-order valence-corrected chi connectivity index (χ3v) is 4.61. The molecule has 3 nitrogen and oxygen atoms in total. The van der Waals surface area contributed by atoms with Gasteiger partial charge >= 0.3 is 0 Å². The van der Waals surface area contributed by atoms with E-state index in [-0.39, 0.29) is 5.91 Å². The minimum absolute atomic E-state index is 0.206. The number of primary amides is 1. The standard InChI is InChI=1S/C16H24N2O/c1-12-8-9-16(15(17)19,10-13(12)2)18-11-14-6-4-3-5-7-14/h3-7,12-13,18H,8-11H2,1-2H3,(H2,17,19). The molecular formula is C16H24N2O. The van der Waals surface area contributed by atoms with Crippen LogP contribution in [0.2, 0.25) is 0 Å². The minimum Gasteiger partial charge on any atom is -0.368 e. The van der Waals surface area contributed by atoms with Gasteiger partial charge in [0.05, 0.1) is 5.54 Å². The first-order chi connectivity index (χ1) is 9.03. The molecule has 1 aliphatic carbocycles. The number of amides is 1. The van der Waals surface area contributed by atoms with E-state index in [0.29, 0.717) is 18.4 Å². The van der Waals surface area contributed by atoms with Gasteiger partial charge in [-0.1, -0.05) is 44.2 Å². The Bertz CT molecular complexity index is 432. The van der Waals surface area contributed by atoms with E-state index in [9.17, 15) is 4.79 Å². The van der Waals surface area contributed by atoms with Crippen LogP contribution >= 0.6 is 0 Å². The zero-order valence-electron chi connectivity index (χ0n) is 11.9. The third kappa shape index (κ3) is 3.16. The summed E-state index contributed by atoms with van der Waals surface area (Å²) in [5.74, 6) is 0.998. The second kappa shape index (κ2) is 5.74. The SMILES string of the molecule is CC1CCC(NCc2ccccc2)(C(N)=O)CC1C. The van der Waals surface area contributed by atoms with Crippen molar-refractivity contribution in [3.8, 4) is 0 Å². The number of nitrogens with two attached hydrogens (primary N) is 1. The highest BCUT2D eigenvalue weighted by molar-refractivity contribution is 5.84. The van der Waals surface area contributed by atoms with Gasteiger partial charge in [0.1, 0.15) is 0 Å². The number of carbonyl (C=O) groups excluding carboxylic acids is 1. The monoisotopic (exact) mass is 260 g/mol. The van der Waals surface area contributed by atoms with E-state index in [1.807, 2.05) is 18.2 Å². The first kappa shape index (κ1) is 14.1. The predicted molar refractivity (Wildman–Crippen MR) is 77.4 cm³/mol. The van der Waals surface area contributed by atoms with E-state index in [1.54, 1.807) is 0 Å². The number of nitrogens with one attached hydrogen (secondary N) is 1. The molecule has 0 spiro atoms. The van der Waals surface area contributed by atoms with Crippen LogP contribution in [0.3, 0.4) is 0 Å². The Morgan fingerprint density at radius 1 is 1.32 bits per heavy atom. The van der Waals surface area contributed by atoms with Crippen LogP contribution in [-0.4, -0.2) is 11.4 Å². The van der Waals surface area contributed by atoms with Crippen molar-refractivity contribution in [2.45, 2.75) is 45.2 Å². The van der Waals surface area contributed by atoms with Crippen molar-refractivity contribution in [1.82, 2.24) is 5.32 Å². The van der Waals surface area contributed by atoms with Gasteiger partial charge in [-0.15, -0.1) is 0 Å². The molecule has 1 amide bonds. The van der Waals surface area contributed by atoms with Crippen LogP contribution in [0.1, 0.15) is 38.7 Å². The Morgan fingerprint density at radius 2 is 2.00 bits per heavy atom. The molecule has 0 heterocycles. The molecule has 2 rings (SSSR count). The summed E-state index contributed by atoms with van der Waals surface area (Å²) in [6.07, 6.45) is 2.75. The first-order valence-electron chi connectivity index (χ1n) is 7.12. The summed E-state index contributed by atoms with van der Waals surface area (Å²) in [4.78, 5) is 11.9. The number of benzene rings is 1. The van der Waals surface area contributed by atoms with Crippen LogP contribution in [-0.2, 0) is 11.3 Å². The summed E-state index contributed by atoms with van der Waals surface area (Å²) in [5.41, 5.74) is 6.34. The highest BCUT2D eigenvalue weighted by atomic mass is 16.1. The van der Waals surface area contributed by atoms with Crippen LogP contribution in [0.4, 0.5) is 0 Å². The molecule has 104 valence electrons. The van der Waals surface area contributed by atoms with Gasteiger partial charge in [0.25, 0.3) is 0 Å². The van der Waals surface area contributed by atoms with Crippen molar-refractivity contribution >= 4 is 5.91 Å².